The third-order valence-corrected chi connectivity index (χ3v) is 5.09. The van der Waals surface area contributed by atoms with E-state index in [2.05, 4.69) is 40.3 Å². The van der Waals surface area contributed by atoms with Crippen LogP contribution >= 0.6 is 27.3 Å². The van der Waals surface area contributed by atoms with Gasteiger partial charge in [0.1, 0.15) is 0 Å². The first-order chi connectivity index (χ1) is 8.86. The van der Waals surface area contributed by atoms with E-state index in [-0.39, 0.29) is 4.90 Å². The normalized spacial score (nSPS) is 11.5. The molecule has 0 radical (unpaired) electrons. The fourth-order valence-corrected chi connectivity index (χ4v) is 3.62. The van der Waals surface area contributed by atoms with Crippen LogP contribution in [-0.4, -0.2) is 8.42 Å². The monoisotopic (exact) mass is 360 g/mol. The van der Waals surface area contributed by atoms with Crippen LogP contribution in [0.5, 0.6) is 0 Å². The van der Waals surface area contributed by atoms with E-state index in [1.807, 2.05) is 0 Å². The van der Waals surface area contributed by atoms with Crippen molar-refractivity contribution in [3.63, 3.8) is 0 Å². The number of aryl methyl sites for hydroxylation is 1. The summed E-state index contributed by atoms with van der Waals surface area (Å²) in [4.78, 5) is 2.58. The van der Waals surface area contributed by atoms with Crippen molar-refractivity contribution in [1.29, 1.82) is 0 Å². The molecule has 0 fully saturated rings. The smallest absolute Gasteiger partial charge is 0.238 e. The number of thiophene rings is 1. The number of rotatable bonds is 4. The summed E-state index contributed by atoms with van der Waals surface area (Å²) in [7, 11) is -3.66. The van der Waals surface area contributed by atoms with Crippen LogP contribution in [0.15, 0.2) is 39.7 Å². The molecule has 0 amide bonds. The van der Waals surface area contributed by atoms with Crippen molar-refractivity contribution in [2.45, 2.75) is 18.4 Å². The molecule has 2 rings (SSSR count). The first-order valence-electron chi connectivity index (χ1n) is 5.48. The summed E-state index contributed by atoms with van der Waals surface area (Å²) in [6.07, 6.45) is 0. The predicted molar refractivity (Wildman–Crippen MR) is 81.9 cm³/mol. The molecule has 1 aromatic carbocycles. The second-order valence-corrected chi connectivity index (χ2v) is 7.84. The Hall–Kier alpha value is -0.890. The molecule has 3 N–H and O–H groups in total. The Labute approximate surface area is 124 Å². The standard InChI is InChI=1S/C12H13BrN2O2S2/c1-8-2-3-9(18-8)7-15-12-5-4-10(6-11(12)13)19(14,16)17/h2-6,15H,7H2,1H3,(H2,14,16,17). The van der Waals surface area contributed by atoms with Crippen LogP contribution in [-0.2, 0) is 16.6 Å². The van der Waals surface area contributed by atoms with E-state index in [9.17, 15) is 8.42 Å². The molecule has 0 bridgehead atoms. The molecular formula is C12H13BrN2O2S2. The second kappa shape index (κ2) is 5.62. The summed E-state index contributed by atoms with van der Waals surface area (Å²) in [5.74, 6) is 0. The van der Waals surface area contributed by atoms with E-state index in [1.54, 1.807) is 17.4 Å². The number of hydrogen-bond donors (Lipinski definition) is 2. The van der Waals surface area contributed by atoms with E-state index < -0.39 is 10.0 Å². The van der Waals surface area contributed by atoms with Crippen LogP contribution in [0.2, 0.25) is 0 Å². The molecular weight excluding hydrogens is 348 g/mol. The Balaban J connectivity index is 2.14. The average molecular weight is 361 g/mol. The number of benzene rings is 1. The fourth-order valence-electron chi connectivity index (χ4n) is 1.58. The highest BCUT2D eigenvalue weighted by Crippen LogP contribution is 2.26. The zero-order valence-electron chi connectivity index (χ0n) is 10.2. The minimum atomic E-state index is -3.66. The molecule has 102 valence electrons. The van der Waals surface area contributed by atoms with Gasteiger partial charge in [0.2, 0.25) is 10.0 Å². The van der Waals surface area contributed by atoms with Crippen molar-refractivity contribution in [3.8, 4) is 0 Å². The Kier molecular flexibility index (Phi) is 4.29. The number of sulfonamides is 1. The van der Waals surface area contributed by atoms with E-state index >= 15 is 0 Å². The minimum Gasteiger partial charge on any atom is -0.379 e. The molecule has 1 heterocycles. The van der Waals surface area contributed by atoms with E-state index in [4.69, 9.17) is 5.14 Å². The van der Waals surface area contributed by atoms with Crippen molar-refractivity contribution in [1.82, 2.24) is 0 Å². The van der Waals surface area contributed by atoms with Gasteiger partial charge in [-0.25, -0.2) is 13.6 Å². The topological polar surface area (TPSA) is 72.2 Å². The lowest BCUT2D eigenvalue weighted by Crippen LogP contribution is -2.12. The van der Waals surface area contributed by atoms with Crippen molar-refractivity contribution in [2.24, 2.45) is 5.14 Å². The summed E-state index contributed by atoms with van der Waals surface area (Å²) in [5.41, 5.74) is 0.832. The maximum absolute atomic E-state index is 11.2. The van der Waals surface area contributed by atoms with Gasteiger partial charge in [-0.3, -0.25) is 0 Å². The Bertz CT molecular complexity index is 696. The van der Waals surface area contributed by atoms with Gasteiger partial charge in [0.05, 0.1) is 4.90 Å². The lowest BCUT2D eigenvalue weighted by molar-refractivity contribution is 0.598. The molecule has 19 heavy (non-hydrogen) atoms. The van der Waals surface area contributed by atoms with E-state index in [1.165, 1.54) is 21.9 Å². The maximum Gasteiger partial charge on any atom is 0.238 e. The van der Waals surface area contributed by atoms with Crippen molar-refractivity contribution in [3.05, 3.63) is 44.6 Å². The highest BCUT2D eigenvalue weighted by atomic mass is 79.9. The van der Waals surface area contributed by atoms with Gasteiger partial charge in [-0.2, -0.15) is 0 Å². The van der Waals surface area contributed by atoms with Gasteiger partial charge in [-0.15, -0.1) is 11.3 Å². The molecule has 0 saturated carbocycles. The minimum absolute atomic E-state index is 0.0943. The molecule has 0 unspecified atom stereocenters. The summed E-state index contributed by atoms with van der Waals surface area (Å²) in [6, 6.07) is 8.82. The van der Waals surface area contributed by atoms with Gasteiger partial charge in [-0.05, 0) is 53.2 Å². The number of hydrogen-bond acceptors (Lipinski definition) is 4. The molecule has 0 aliphatic carbocycles. The molecule has 7 heteroatoms. The number of nitrogens with one attached hydrogen (secondary N) is 1. The first kappa shape index (κ1) is 14.5. The van der Waals surface area contributed by atoms with E-state index in [0.717, 1.165) is 5.69 Å². The molecule has 4 nitrogen and oxygen atoms in total. The summed E-state index contributed by atoms with van der Waals surface area (Å²) < 4.78 is 23.1. The SMILES string of the molecule is Cc1ccc(CNc2ccc(S(N)(=O)=O)cc2Br)s1. The summed E-state index contributed by atoms with van der Waals surface area (Å²) in [6.45, 7) is 2.76. The van der Waals surface area contributed by atoms with Gasteiger partial charge in [0, 0.05) is 26.5 Å². The Morgan fingerprint density at radius 1 is 1.32 bits per heavy atom. The second-order valence-electron chi connectivity index (χ2n) is 4.05. The molecule has 0 atom stereocenters. The molecule has 2 aromatic rings. The van der Waals surface area contributed by atoms with Gasteiger partial charge in [-0.1, -0.05) is 0 Å². The first-order valence-corrected chi connectivity index (χ1v) is 8.63. The van der Waals surface area contributed by atoms with Crippen molar-refractivity contribution >= 4 is 43.0 Å². The van der Waals surface area contributed by atoms with E-state index in [0.29, 0.717) is 11.0 Å². The lowest BCUT2D eigenvalue weighted by atomic mass is 10.3. The largest absolute Gasteiger partial charge is 0.379 e. The predicted octanol–water partition coefficient (Wildman–Crippen LogP) is 3.08. The van der Waals surface area contributed by atoms with Gasteiger partial charge >= 0.3 is 0 Å². The highest BCUT2D eigenvalue weighted by Gasteiger charge is 2.10. The van der Waals surface area contributed by atoms with Gasteiger partial charge in [0.25, 0.3) is 0 Å². The van der Waals surface area contributed by atoms with Crippen LogP contribution in [0.1, 0.15) is 9.75 Å². The van der Waals surface area contributed by atoms with Crippen LogP contribution < -0.4 is 10.5 Å². The maximum atomic E-state index is 11.2. The van der Waals surface area contributed by atoms with Gasteiger partial charge in [0.15, 0.2) is 0 Å². The lowest BCUT2D eigenvalue weighted by Gasteiger charge is -2.08. The van der Waals surface area contributed by atoms with Crippen molar-refractivity contribution in [2.75, 3.05) is 5.32 Å². The Morgan fingerprint density at radius 3 is 2.58 bits per heavy atom. The fraction of sp³-hybridized carbons (Fsp3) is 0.167. The Morgan fingerprint density at radius 2 is 2.05 bits per heavy atom. The third-order valence-electron chi connectivity index (χ3n) is 2.52. The average Bonchev–Trinajstić information content (AvgIpc) is 2.72. The van der Waals surface area contributed by atoms with Crippen LogP contribution in [0, 0.1) is 6.92 Å². The number of primary sulfonamides is 1. The van der Waals surface area contributed by atoms with Crippen LogP contribution in [0.25, 0.3) is 0 Å². The zero-order chi connectivity index (χ0) is 14.0. The molecule has 0 aliphatic heterocycles. The molecule has 1 aromatic heterocycles. The number of halogens is 1. The van der Waals surface area contributed by atoms with Crippen molar-refractivity contribution < 1.29 is 8.42 Å². The summed E-state index contributed by atoms with van der Waals surface area (Å²) in [5, 5.41) is 8.33. The zero-order valence-corrected chi connectivity index (χ0v) is 13.4. The number of anilines is 1. The van der Waals surface area contributed by atoms with Crippen LogP contribution in [0.4, 0.5) is 5.69 Å². The molecule has 0 saturated heterocycles. The highest BCUT2D eigenvalue weighted by molar-refractivity contribution is 9.10. The molecule has 0 spiro atoms. The summed E-state index contributed by atoms with van der Waals surface area (Å²) >= 11 is 5.07. The third kappa shape index (κ3) is 3.79. The quantitative estimate of drug-likeness (QED) is 0.879. The molecule has 0 aliphatic rings. The van der Waals surface area contributed by atoms with Crippen LogP contribution in [0.3, 0.4) is 0 Å². The van der Waals surface area contributed by atoms with Gasteiger partial charge < -0.3 is 5.32 Å². The number of nitrogens with two attached hydrogens (primary N) is 1.